The summed E-state index contributed by atoms with van der Waals surface area (Å²) in [5.74, 6) is 3.12. The van der Waals surface area contributed by atoms with Gasteiger partial charge < -0.3 is 14.9 Å². The molecule has 3 rings (SSSR count). The Morgan fingerprint density at radius 2 is 1.78 bits per heavy atom. The molecule has 2 N–H and O–H groups in total. The van der Waals surface area contributed by atoms with Crippen molar-refractivity contribution in [2.24, 2.45) is 34.5 Å². The molecule has 0 aliphatic heterocycles. The summed E-state index contributed by atoms with van der Waals surface area (Å²) in [4.78, 5) is 0. The first kappa shape index (κ1) is 26.2. The lowest BCUT2D eigenvalue weighted by molar-refractivity contribution is -0.0744. The van der Waals surface area contributed by atoms with Crippen LogP contribution in [0.3, 0.4) is 0 Å². The van der Waals surface area contributed by atoms with Crippen LogP contribution >= 0.6 is 0 Å². The van der Waals surface area contributed by atoms with Crippen LogP contribution in [0.4, 0.5) is 0 Å². The van der Waals surface area contributed by atoms with Crippen molar-refractivity contribution >= 4 is 0 Å². The largest absolute Gasteiger partial charge is 0.390 e. The second-order valence-electron chi connectivity index (χ2n) is 12.7. The monoisotopic (exact) mass is 448 g/mol. The Morgan fingerprint density at radius 1 is 1.09 bits per heavy atom. The Balaban J connectivity index is 1.67. The van der Waals surface area contributed by atoms with E-state index in [9.17, 15) is 10.2 Å². The van der Waals surface area contributed by atoms with E-state index in [0.29, 0.717) is 29.3 Å². The van der Waals surface area contributed by atoms with Crippen molar-refractivity contribution in [1.82, 2.24) is 0 Å². The maximum atomic E-state index is 10.3. The van der Waals surface area contributed by atoms with Crippen LogP contribution in [0.2, 0.25) is 0 Å². The van der Waals surface area contributed by atoms with E-state index in [4.69, 9.17) is 4.74 Å². The van der Waals surface area contributed by atoms with Gasteiger partial charge in [0.15, 0.2) is 0 Å². The van der Waals surface area contributed by atoms with E-state index in [1.165, 1.54) is 51.4 Å². The normalized spacial score (nSPS) is 39.2. The Morgan fingerprint density at radius 3 is 2.44 bits per heavy atom. The summed E-state index contributed by atoms with van der Waals surface area (Å²) in [5.41, 5.74) is 1.52. The van der Waals surface area contributed by atoms with Crippen LogP contribution in [0, 0.1) is 34.5 Å². The minimum absolute atomic E-state index is 0.362. The molecule has 32 heavy (non-hydrogen) atoms. The third-order valence-electron chi connectivity index (χ3n) is 10.3. The number of fused-ring (bicyclic) bond motifs is 3. The van der Waals surface area contributed by atoms with Gasteiger partial charge in [-0.15, -0.1) is 0 Å². The highest BCUT2D eigenvalue weighted by molar-refractivity contribution is 5.20. The minimum Gasteiger partial charge on any atom is -0.390 e. The van der Waals surface area contributed by atoms with E-state index in [1.807, 2.05) is 0 Å². The number of aliphatic hydroxyl groups is 2. The van der Waals surface area contributed by atoms with Gasteiger partial charge in [0, 0.05) is 6.61 Å². The Bertz CT molecular complexity index is 649. The summed E-state index contributed by atoms with van der Waals surface area (Å²) < 4.78 is 5.86. The average Bonchev–Trinajstić information content (AvgIpc) is 3.03. The molecule has 0 aromatic carbocycles. The van der Waals surface area contributed by atoms with Crippen molar-refractivity contribution < 1.29 is 14.9 Å². The number of hydrogen-bond donors (Lipinski definition) is 2. The number of rotatable bonds is 10. The van der Waals surface area contributed by atoms with E-state index in [2.05, 4.69) is 40.7 Å². The van der Waals surface area contributed by atoms with Gasteiger partial charge >= 0.3 is 0 Å². The fourth-order valence-corrected chi connectivity index (χ4v) is 8.13. The number of ether oxygens (including phenoxy) is 1. The zero-order valence-corrected chi connectivity index (χ0v) is 22.1. The molecule has 7 unspecified atom stereocenters. The zero-order chi connectivity index (χ0) is 23.7. The fourth-order valence-electron chi connectivity index (χ4n) is 8.13. The Labute approximate surface area is 198 Å². The van der Waals surface area contributed by atoms with Gasteiger partial charge in [0.05, 0.1) is 17.8 Å². The Kier molecular flexibility index (Phi) is 8.26. The molecule has 0 bridgehead atoms. The first-order valence-corrected chi connectivity index (χ1v) is 13.6. The third-order valence-corrected chi connectivity index (χ3v) is 10.3. The van der Waals surface area contributed by atoms with E-state index < -0.39 is 11.7 Å². The number of allylic oxidation sites excluding steroid dienone is 2. The molecule has 0 radical (unpaired) electrons. The summed E-state index contributed by atoms with van der Waals surface area (Å²) in [6.45, 7) is 16.2. The zero-order valence-electron chi connectivity index (χ0n) is 22.1. The summed E-state index contributed by atoms with van der Waals surface area (Å²) in [6.07, 6.45) is 14.4. The molecule has 0 saturated heterocycles. The third kappa shape index (κ3) is 5.15. The SMILES string of the molecule is CCOC(C)CCC1C(C)=CCC2C3CC[C@H](CCCC(O)C(C)(C)O)C3(C)CCC12C. The molecule has 3 aliphatic rings. The molecule has 3 nitrogen and oxygen atoms in total. The van der Waals surface area contributed by atoms with Crippen LogP contribution in [0.15, 0.2) is 11.6 Å². The second kappa shape index (κ2) is 10.1. The fraction of sp³-hybridized carbons (Fsp3) is 0.931. The molecule has 0 aromatic rings. The van der Waals surface area contributed by atoms with Crippen LogP contribution in [-0.2, 0) is 4.74 Å². The van der Waals surface area contributed by atoms with Gasteiger partial charge in [0.2, 0.25) is 0 Å². The summed E-state index contributed by atoms with van der Waals surface area (Å²) in [7, 11) is 0. The molecular formula is C29H52O3. The molecule has 2 saturated carbocycles. The molecule has 0 heterocycles. The molecule has 8 atom stereocenters. The van der Waals surface area contributed by atoms with Crippen molar-refractivity contribution in [2.45, 2.75) is 130 Å². The number of aliphatic hydroxyl groups excluding tert-OH is 1. The van der Waals surface area contributed by atoms with Gasteiger partial charge in [-0.2, -0.15) is 0 Å². The van der Waals surface area contributed by atoms with E-state index in [-0.39, 0.29) is 0 Å². The number of hydrogen-bond acceptors (Lipinski definition) is 3. The van der Waals surface area contributed by atoms with Gasteiger partial charge in [-0.3, -0.25) is 0 Å². The van der Waals surface area contributed by atoms with E-state index in [0.717, 1.165) is 30.8 Å². The van der Waals surface area contributed by atoms with Crippen molar-refractivity contribution in [3.05, 3.63) is 11.6 Å². The smallest absolute Gasteiger partial charge is 0.0849 e. The highest BCUT2D eigenvalue weighted by atomic mass is 16.5. The van der Waals surface area contributed by atoms with Crippen molar-refractivity contribution in [2.75, 3.05) is 6.61 Å². The van der Waals surface area contributed by atoms with Crippen LogP contribution in [0.25, 0.3) is 0 Å². The lowest BCUT2D eigenvalue weighted by Crippen LogP contribution is -2.51. The molecule has 0 amide bonds. The molecule has 0 aromatic heterocycles. The van der Waals surface area contributed by atoms with Gasteiger partial charge in [-0.05, 0) is 127 Å². The highest BCUT2D eigenvalue weighted by Gasteiger charge is 2.59. The lowest BCUT2D eigenvalue weighted by atomic mass is 9.46. The van der Waals surface area contributed by atoms with Crippen LogP contribution in [-0.4, -0.2) is 34.6 Å². The topological polar surface area (TPSA) is 49.7 Å². The van der Waals surface area contributed by atoms with Crippen molar-refractivity contribution in [1.29, 1.82) is 0 Å². The molecular weight excluding hydrogens is 396 g/mol. The minimum atomic E-state index is -0.990. The van der Waals surface area contributed by atoms with Crippen LogP contribution in [0.1, 0.15) is 113 Å². The quantitative estimate of drug-likeness (QED) is 0.357. The molecule has 3 heteroatoms. The second-order valence-corrected chi connectivity index (χ2v) is 12.7. The van der Waals surface area contributed by atoms with E-state index >= 15 is 0 Å². The highest BCUT2D eigenvalue weighted by Crippen LogP contribution is 2.67. The summed E-state index contributed by atoms with van der Waals surface area (Å²) in [5, 5.41) is 20.3. The molecule has 2 fully saturated rings. The average molecular weight is 449 g/mol. The van der Waals surface area contributed by atoms with Gasteiger partial charge in [-0.25, -0.2) is 0 Å². The van der Waals surface area contributed by atoms with Gasteiger partial charge in [0.1, 0.15) is 0 Å². The van der Waals surface area contributed by atoms with Gasteiger partial charge in [0.25, 0.3) is 0 Å². The Hall–Kier alpha value is -0.380. The van der Waals surface area contributed by atoms with Crippen LogP contribution in [0.5, 0.6) is 0 Å². The molecule has 186 valence electrons. The van der Waals surface area contributed by atoms with Crippen LogP contribution < -0.4 is 0 Å². The predicted molar refractivity (Wildman–Crippen MR) is 133 cm³/mol. The molecule has 3 aliphatic carbocycles. The standard InChI is InChI=1S/C29H52O3/c1-8-32-21(3)13-16-23-20(2)12-15-25-24-17-14-22(10-9-11-26(30)27(4,5)31)28(24,6)18-19-29(23,25)7/h12,21-26,30-31H,8-11,13-19H2,1-7H3/t21?,22-,23?,24?,25?,26?,28?,29?/m0/s1. The first-order chi connectivity index (χ1) is 14.9. The van der Waals surface area contributed by atoms with Crippen molar-refractivity contribution in [3.8, 4) is 0 Å². The van der Waals surface area contributed by atoms with Crippen molar-refractivity contribution in [3.63, 3.8) is 0 Å². The lowest BCUT2D eigenvalue weighted by Gasteiger charge is -2.58. The maximum Gasteiger partial charge on any atom is 0.0849 e. The maximum absolute atomic E-state index is 10.3. The van der Waals surface area contributed by atoms with E-state index in [1.54, 1.807) is 19.4 Å². The molecule has 0 spiro atoms. The van der Waals surface area contributed by atoms with Gasteiger partial charge in [-0.1, -0.05) is 31.9 Å². The summed E-state index contributed by atoms with van der Waals surface area (Å²) >= 11 is 0. The predicted octanol–water partition coefficient (Wildman–Crippen LogP) is 6.91. The first-order valence-electron chi connectivity index (χ1n) is 13.6. The summed E-state index contributed by atoms with van der Waals surface area (Å²) in [6, 6.07) is 0.